The predicted molar refractivity (Wildman–Crippen MR) is 108 cm³/mol. The Morgan fingerprint density at radius 2 is 1.68 bits per heavy atom. The van der Waals surface area contributed by atoms with Gasteiger partial charge in [-0.15, -0.1) is 0 Å². The molecule has 2 aromatic carbocycles. The smallest absolute Gasteiger partial charge is 0.133 e. The first-order valence-corrected chi connectivity index (χ1v) is 9.51. The summed E-state index contributed by atoms with van der Waals surface area (Å²) in [6, 6.07) is 21.4. The third-order valence-corrected chi connectivity index (χ3v) is 4.87. The van der Waals surface area contributed by atoms with Crippen molar-refractivity contribution in [2.24, 2.45) is 0 Å². The van der Waals surface area contributed by atoms with Crippen LogP contribution in [-0.4, -0.2) is 11.5 Å². The van der Waals surface area contributed by atoms with Gasteiger partial charge in [-0.1, -0.05) is 87.2 Å². The average Bonchev–Trinajstić information content (AvgIpc) is 2.68. The molecule has 1 heterocycles. The quantitative estimate of drug-likeness (QED) is 0.458. The minimum Gasteiger partial charge on any atom is -0.369 e. The predicted octanol–water partition coefficient (Wildman–Crippen LogP) is 6.40. The van der Waals surface area contributed by atoms with E-state index in [-0.39, 0.29) is 0 Å². The Labute approximate surface area is 151 Å². The van der Waals surface area contributed by atoms with Gasteiger partial charge in [-0.3, -0.25) is 0 Å². The summed E-state index contributed by atoms with van der Waals surface area (Å²) < 4.78 is 0. The van der Waals surface area contributed by atoms with Crippen LogP contribution in [0.4, 0.5) is 5.82 Å². The van der Waals surface area contributed by atoms with E-state index in [0.717, 1.165) is 12.4 Å². The molecule has 0 amide bonds. The van der Waals surface area contributed by atoms with E-state index in [1.54, 1.807) is 0 Å². The zero-order valence-electron chi connectivity index (χ0n) is 15.1. The maximum atomic E-state index is 4.57. The van der Waals surface area contributed by atoms with Gasteiger partial charge in [0, 0.05) is 24.0 Å². The van der Waals surface area contributed by atoms with E-state index in [1.807, 2.05) is 6.20 Å². The summed E-state index contributed by atoms with van der Waals surface area (Å²) in [5.74, 6) is 1.52. The highest BCUT2D eigenvalue weighted by atomic mass is 15.0. The molecule has 130 valence electrons. The van der Waals surface area contributed by atoms with E-state index in [1.165, 1.54) is 48.4 Å². The fraction of sp³-hybridized carbons (Fsp3) is 0.348. The van der Waals surface area contributed by atoms with Crippen molar-refractivity contribution in [2.45, 2.75) is 44.9 Å². The first-order chi connectivity index (χ1) is 12.4. The van der Waals surface area contributed by atoms with Crippen molar-refractivity contribution in [1.29, 1.82) is 0 Å². The van der Waals surface area contributed by atoms with Gasteiger partial charge in [0.25, 0.3) is 0 Å². The number of nitrogens with one attached hydrogen (secondary N) is 1. The fourth-order valence-electron chi connectivity index (χ4n) is 3.41. The number of benzene rings is 2. The Morgan fingerprint density at radius 1 is 0.880 bits per heavy atom. The van der Waals surface area contributed by atoms with Crippen LogP contribution in [0.1, 0.15) is 50.5 Å². The minimum atomic E-state index is 0.527. The van der Waals surface area contributed by atoms with Gasteiger partial charge in [-0.25, -0.2) is 4.98 Å². The van der Waals surface area contributed by atoms with Gasteiger partial charge >= 0.3 is 0 Å². The minimum absolute atomic E-state index is 0.527. The van der Waals surface area contributed by atoms with Crippen LogP contribution in [0.5, 0.6) is 0 Å². The lowest BCUT2D eigenvalue weighted by Crippen LogP contribution is -2.14. The first kappa shape index (κ1) is 17.5. The second kappa shape index (κ2) is 9.22. The van der Waals surface area contributed by atoms with Gasteiger partial charge in [0.2, 0.25) is 0 Å². The molecule has 0 saturated heterocycles. The molecule has 1 N–H and O–H groups in total. The molecule has 0 saturated carbocycles. The number of pyridine rings is 1. The zero-order chi connectivity index (χ0) is 17.3. The number of hydrogen-bond donors (Lipinski definition) is 1. The molecule has 2 nitrogen and oxygen atoms in total. The Kier molecular flexibility index (Phi) is 6.44. The standard InChI is InChI=1S/C23H28N2/c1-2-3-4-6-14-21(19-11-7-5-8-12-19)18-25-23-22-15-10-9-13-20(22)16-17-24-23/h5,7-13,15-17,21H,2-4,6,14,18H2,1H3,(H,24,25)/t21-/m1/s1. The molecule has 0 aliphatic heterocycles. The molecule has 3 aromatic rings. The van der Waals surface area contributed by atoms with Crippen LogP contribution in [0.3, 0.4) is 0 Å². The van der Waals surface area contributed by atoms with E-state index in [0.29, 0.717) is 5.92 Å². The first-order valence-electron chi connectivity index (χ1n) is 9.51. The number of nitrogens with zero attached hydrogens (tertiary/aromatic N) is 1. The number of fused-ring (bicyclic) bond motifs is 1. The third kappa shape index (κ3) is 4.82. The Hall–Kier alpha value is -2.35. The number of unbranched alkanes of at least 4 members (excludes halogenated alkanes) is 3. The lowest BCUT2D eigenvalue weighted by Gasteiger charge is -2.19. The van der Waals surface area contributed by atoms with Crippen LogP contribution < -0.4 is 5.32 Å². The summed E-state index contributed by atoms with van der Waals surface area (Å²) in [5.41, 5.74) is 1.42. The lowest BCUT2D eigenvalue weighted by atomic mass is 9.93. The van der Waals surface area contributed by atoms with Gasteiger partial charge in [0.1, 0.15) is 5.82 Å². The van der Waals surface area contributed by atoms with Crippen LogP contribution in [0, 0.1) is 0 Å². The molecule has 0 spiro atoms. The molecule has 0 aliphatic carbocycles. The fourth-order valence-corrected chi connectivity index (χ4v) is 3.41. The second-order valence-corrected chi connectivity index (χ2v) is 6.72. The third-order valence-electron chi connectivity index (χ3n) is 4.87. The molecule has 0 bridgehead atoms. The van der Waals surface area contributed by atoms with Gasteiger partial charge < -0.3 is 5.32 Å². The molecule has 25 heavy (non-hydrogen) atoms. The highest BCUT2D eigenvalue weighted by Crippen LogP contribution is 2.25. The molecule has 0 aliphatic rings. The molecule has 3 rings (SSSR count). The number of anilines is 1. The Balaban J connectivity index is 1.71. The van der Waals surface area contributed by atoms with Gasteiger partial charge in [0.15, 0.2) is 0 Å². The van der Waals surface area contributed by atoms with Crippen molar-refractivity contribution in [3.8, 4) is 0 Å². The molecule has 0 unspecified atom stereocenters. The van der Waals surface area contributed by atoms with E-state index in [4.69, 9.17) is 0 Å². The zero-order valence-corrected chi connectivity index (χ0v) is 15.1. The van der Waals surface area contributed by atoms with Crippen molar-refractivity contribution in [3.05, 3.63) is 72.4 Å². The van der Waals surface area contributed by atoms with Gasteiger partial charge in [0.05, 0.1) is 0 Å². The number of rotatable bonds is 9. The Bertz CT molecular complexity index is 762. The van der Waals surface area contributed by atoms with E-state index in [2.05, 4.69) is 77.9 Å². The molecular formula is C23H28N2. The van der Waals surface area contributed by atoms with Gasteiger partial charge in [-0.2, -0.15) is 0 Å². The summed E-state index contributed by atoms with van der Waals surface area (Å²) in [4.78, 5) is 4.57. The van der Waals surface area contributed by atoms with Crippen molar-refractivity contribution in [2.75, 3.05) is 11.9 Å². The summed E-state index contributed by atoms with van der Waals surface area (Å²) in [5, 5.41) is 6.05. The van der Waals surface area contributed by atoms with Crippen LogP contribution in [0.25, 0.3) is 10.8 Å². The highest BCUT2D eigenvalue weighted by molar-refractivity contribution is 5.91. The monoisotopic (exact) mass is 332 g/mol. The van der Waals surface area contributed by atoms with E-state index in [9.17, 15) is 0 Å². The largest absolute Gasteiger partial charge is 0.369 e. The van der Waals surface area contributed by atoms with Gasteiger partial charge in [-0.05, 0) is 23.4 Å². The average molecular weight is 332 g/mol. The topological polar surface area (TPSA) is 24.9 Å². The summed E-state index contributed by atoms with van der Waals surface area (Å²) in [6.07, 6.45) is 8.35. The molecule has 0 radical (unpaired) electrons. The maximum Gasteiger partial charge on any atom is 0.133 e. The van der Waals surface area contributed by atoms with Crippen LogP contribution in [0.2, 0.25) is 0 Å². The van der Waals surface area contributed by atoms with E-state index < -0.39 is 0 Å². The Morgan fingerprint density at radius 3 is 2.52 bits per heavy atom. The lowest BCUT2D eigenvalue weighted by molar-refractivity contribution is 0.567. The van der Waals surface area contributed by atoms with Crippen LogP contribution >= 0.6 is 0 Å². The summed E-state index contributed by atoms with van der Waals surface area (Å²) in [7, 11) is 0. The van der Waals surface area contributed by atoms with Crippen molar-refractivity contribution in [3.63, 3.8) is 0 Å². The molecule has 2 heteroatoms. The molecule has 1 aromatic heterocycles. The van der Waals surface area contributed by atoms with Crippen molar-refractivity contribution in [1.82, 2.24) is 4.98 Å². The number of hydrogen-bond acceptors (Lipinski definition) is 2. The van der Waals surface area contributed by atoms with Crippen LogP contribution in [0.15, 0.2) is 66.9 Å². The van der Waals surface area contributed by atoms with Crippen molar-refractivity contribution < 1.29 is 0 Å². The molecular weight excluding hydrogens is 304 g/mol. The maximum absolute atomic E-state index is 4.57. The van der Waals surface area contributed by atoms with Crippen molar-refractivity contribution >= 4 is 16.6 Å². The molecule has 0 fully saturated rings. The van der Waals surface area contributed by atoms with E-state index >= 15 is 0 Å². The summed E-state index contributed by atoms with van der Waals surface area (Å²) >= 11 is 0. The second-order valence-electron chi connectivity index (χ2n) is 6.72. The molecule has 1 atom stereocenters. The number of aromatic nitrogens is 1. The summed E-state index contributed by atoms with van der Waals surface area (Å²) in [6.45, 7) is 3.19. The SMILES string of the molecule is CCCCCC[C@H](CNc1nccc2ccccc12)c1ccccc1. The highest BCUT2D eigenvalue weighted by Gasteiger charge is 2.12. The normalized spacial score (nSPS) is 12.2. The van der Waals surface area contributed by atoms with Crippen LogP contribution in [-0.2, 0) is 0 Å².